The van der Waals surface area contributed by atoms with Gasteiger partial charge in [0.1, 0.15) is 34.8 Å². The van der Waals surface area contributed by atoms with E-state index in [4.69, 9.17) is 8.75 Å². The Morgan fingerprint density at radius 1 is 0.541 bits per heavy atom. The fourth-order valence-electron chi connectivity index (χ4n) is 8.55. The lowest BCUT2D eigenvalue weighted by molar-refractivity contribution is 0.421. The van der Waals surface area contributed by atoms with Gasteiger partial charge in [0.2, 0.25) is 0 Å². The van der Waals surface area contributed by atoms with E-state index in [2.05, 4.69) is 52.0 Å². The number of nitrogens with zero attached hydrogens (tertiary/aromatic N) is 4. The highest BCUT2D eigenvalue weighted by molar-refractivity contribution is 7.31. The van der Waals surface area contributed by atoms with E-state index < -0.39 is 0 Å². The Kier molecular flexibility index (Phi) is 13.7. The molecule has 3 aromatic carbocycles. The number of halogens is 2. The Morgan fingerprint density at radius 3 is 1.30 bits per heavy atom. The van der Waals surface area contributed by atoms with Crippen LogP contribution in [-0.4, -0.2) is 8.75 Å². The molecule has 0 amide bonds. The molecule has 0 fully saturated rings. The van der Waals surface area contributed by atoms with Gasteiger partial charge in [-0.3, -0.25) is 0 Å². The number of aromatic nitrogens is 2. The minimum absolute atomic E-state index is 0.205. The molecule has 4 nitrogen and oxygen atoms in total. The standard InChI is InChI=1S/C50H48F2N4S5/c1-5-9-11-29(7-3)13-15-31-17-19-33(37(51)21-31)39-23-41-43(57-39)25-45(59-41)47-35(27-53)36(28-54)48(50-49(47)55-61-56-50)46-26-44-42(60-46)24-40(58-44)34-20-18-32(22-38(34)52)16-14-30(8-4)12-10-6-2/h17-26,29-30H,5-16H2,1-4H3. The topological polar surface area (TPSA) is 73.4 Å². The number of aryl methyl sites for hydroxylation is 2. The van der Waals surface area contributed by atoms with Crippen molar-refractivity contribution in [3.8, 4) is 53.9 Å². The van der Waals surface area contributed by atoms with Crippen LogP contribution in [0.1, 0.15) is 114 Å². The number of hydrogen-bond donors (Lipinski definition) is 0. The van der Waals surface area contributed by atoms with Crippen LogP contribution >= 0.6 is 57.1 Å². The van der Waals surface area contributed by atoms with Gasteiger partial charge in [0.15, 0.2) is 0 Å². The van der Waals surface area contributed by atoms with Crippen LogP contribution in [0.3, 0.4) is 0 Å². The van der Waals surface area contributed by atoms with Crippen LogP contribution in [-0.2, 0) is 12.8 Å². The molecular formula is C50H48F2N4S5. The molecule has 0 spiro atoms. The first-order valence-electron chi connectivity index (χ1n) is 21.5. The highest BCUT2D eigenvalue weighted by atomic mass is 32.1. The Balaban J connectivity index is 1.06. The molecule has 5 heterocycles. The second-order valence-corrected chi connectivity index (χ2v) is 21.0. The highest BCUT2D eigenvalue weighted by Crippen LogP contribution is 2.50. The predicted octanol–water partition coefficient (Wildman–Crippen LogP) is 17.2. The predicted molar refractivity (Wildman–Crippen MR) is 258 cm³/mol. The molecule has 0 aliphatic rings. The molecule has 0 N–H and O–H groups in total. The lowest BCUT2D eigenvalue weighted by atomic mass is 9.92. The van der Waals surface area contributed by atoms with E-state index in [-0.39, 0.29) is 22.8 Å². The summed E-state index contributed by atoms with van der Waals surface area (Å²) in [6.45, 7) is 8.95. The van der Waals surface area contributed by atoms with Crippen molar-refractivity contribution in [2.75, 3.05) is 0 Å². The molecule has 2 atom stereocenters. The van der Waals surface area contributed by atoms with E-state index in [1.807, 2.05) is 36.4 Å². The van der Waals surface area contributed by atoms with Gasteiger partial charge in [0, 0.05) is 60.6 Å². The van der Waals surface area contributed by atoms with Gasteiger partial charge in [-0.15, -0.1) is 45.3 Å². The number of hydrogen-bond acceptors (Lipinski definition) is 9. The van der Waals surface area contributed by atoms with Crippen molar-refractivity contribution in [3.63, 3.8) is 0 Å². The van der Waals surface area contributed by atoms with Crippen LogP contribution in [0.15, 0.2) is 60.7 Å². The van der Waals surface area contributed by atoms with Gasteiger partial charge in [-0.1, -0.05) is 103 Å². The van der Waals surface area contributed by atoms with E-state index in [1.165, 1.54) is 83.9 Å². The van der Waals surface area contributed by atoms with E-state index >= 15 is 8.78 Å². The lowest BCUT2D eigenvalue weighted by Crippen LogP contribution is -2.01. The van der Waals surface area contributed by atoms with Gasteiger partial charge >= 0.3 is 0 Å². The van der Waals surface area contributed by atoms with Gasteiger partial charge in [-0.2, -0.15) is 19.3 Å². The molecule has 5 aromatic heterocycles. The third-order valence-electron chi connectivity index (χ3n) is 12.2. The SMILES string of the molecule is CCCCC(CC)CCc1ccc(-c2cc3sc(-c4c(C#N)c(C#N)c(-c5cc6sc(-c7ccc(CCC(CC)CCCC)cc7F)cc6s5)c5nsnc45)cc3s2)c(F)c1. The fourth-order valence-corrected chi connectivity index (χ4v) is 14.1. The molecule has 8 aromatic rings. The number of nitriles is 2. The molecule has 0 aliphatic heterocycles. The molecule has 0 aliphatic carbocycles. The molecular weight excluding hydrogens is 855 g/mol. The van der Waals surface area contributed by atoms with E-state index in [0.717, 1.165) is 99.7 Å². The summed E-state index contributed by atoms with van der Waals surface area (Å²) in [4.78, 5) is 3.36. The molecule has 0 saturated heterocycles. The quantitative estimate of drug-likeness (QED) is 0.0860. The largest absolute Gasteiger partial charge is 0.206 e. The van der Waals surface area contributed by atoms with Gasteiger partial charge < -0.3 is 0 Å². The molecule has 0 radical (unpaired) electrons. The van der Waals surface area contributed by atoms with Crippen LogP contribution in [0, 0.1) is 46.1 Å². The number of fused-ring (bicyclic) bond motifs is 3. The van der Waals surface area contributed by atoms with Gasteiger partial charge in [-0.05, 0) is 85.0 Å². The van der Waals surface area contributed by atoms with Crippen LogP contribution in [0.5, 0.6) is 0 Å². The lowest BCUT2D eigenvalue weighted by Gasteiger charge is -2.14. The average molecular weight is 903 g/mol. The number of rotatable bonds is 18. The summed E-state index contributed by atoms with van der Waals surface area (Å²) in [6, 6.07) is 24.2. The number of unbranched alkanes of at least 4 members (excludes halogenated alkanes) is 2. The van der Waals surface area contributed by atoms with Gasteiger partial charge in [0.25, 0.3) is 0 Å². The van der Waals surface area contributed by atoms with Crippen LogP contribution in [0.4, 0.5) is 8.78 Å². The summed E-state index contributed by atoms with van der Waals surface area (Å²) in [7, 11) is 0. The summed E-state index contributed by atoms with van der Waals surface area (Å²) in [5, 5.41) is 21.3. The first kappa shape index (κ1) is 43.3. The summed E-state index contributed by atoms with van der Waals surface area (Å²) in [5.41, 5.74) is 6.17. The van der Waals surface area contributed by atoms with Crippen molar-refractivity contribution in [2.45, 2.75) is 105 Å². The molecule has 2 unspecified atom stereocenters. The van der Waals surface area contributed by atoms with E-state index in [9.17, 15) is 10.5 Å². The van der Waals surface area contributed by atoms with Crippen molar-refractivity contribution < 1.29 is 8.78 Å². The smallest absolute Gasteiger partial charge is 0.132 e. The number of benzene rings is 3. The summed E-state index contributed by atoms with van der Waals surface area (Å²) < 4.78 is 44.5. The fraction of sp³-hybridized carbons (Fsp3) is 0.360. The van der Waals surface area contributed by atoms with Crippen molar-refractivity contribution in [1.29, 1.82) is 10.5 Å². The molecule has 8 rings (SSSR count). The first-order chi connectivity index (χ1) is 29.8. The van der Waals surface area contributed by atoms with Gasteiger partial charge in [0.05, 0.1) is 22.9 Å². The van der Waals surface area contributed by atoms with E-state index in [0.29, 0.717) is 45.1 Å². The highest BCUT2D eigenvalue weighted by Gasteiger charge is 2.27. The summed E-state index contributed by atoms with van der Waals surface area (Å²) in [6.07, 6.45) is 13.6. The first-order valence-corrected chi connectivity index (χ1v) is 25.5. The summed E-state index contributed by atoms with van der Waals surface area (Å²) >= 11 is 7.15. The number of thiophene rings is 4. The monoisotopic (exact) mass is 902 g/mol. The Morgan fingerprint density at radius 2 is 0.934 bits per heavy atom. The second-order valence-electron chi connectivity index (χ2n) is 16.1. The average Bonchev–Trinajstić information content (AvgIpc) is 4.11. The Bertz CT molecular complexity index is 2660. The van der Waals surface area contributed by atoms with Crippen molar-refractivity contribution in [2.24, 2.45) is 11.8 Å². The van der Waals surface area contributed by atoms with Crippen LogP contribution < -0.4 is 0 Å². The molecule has 61 heavy (non-hydrogen) atoms. The molecule has 11 heteroatoms. The third-order valence-corrected chi connectivity index (χ3v) is 17.4. The Hall–Kier alpha value is -4.36. The zero-order valence-corrected chi connectivity index (χ0v) is 39.1. The maximum absolute atomic E-state index is 15.6. The van der Waals surface area contributed by atoms with Crippen molar-refractivity contribution in [1.82, 2.24) is 8.75 Å². The normalized spacial score (nSPS) is 12.7. The molecule has 312 valence electrons. The zero-order chi connectivity index (χ0) is 42.6. The zero-order valence-electron chi connectivity index (χ0n) is 35.0. The minimum Gasteiger partial charge on any atom is -0.206 e. The molecule has 0 bridgehead atoms. The molecule has 0 saturated carbocycles. The van der Waals surface area contributed by atoms with Crippen molar-refractivity contribution in [3.05, 3.63) is 94.6 Å². The maximum Gasteiger partial charge on any atom is 0.132 e. The third kappa shape index (κ3) is 8.96. The Labute approximate surface area is 377 Å². The van der Waals surface area contributed by atoms with E-state index in [1.54, 1.807) is 12.1 Å². The van der Waals surface area contributed by atoms with Crippen LogP contribution in [0.25, 0.3) is 71.6 Å². The maximum atomic E-state index is 15.6. The summed E-state index contributed by atoms with van der Waals surface area (Å²) in [5.74, 6) is 0.946. The van der Waals surface area contributed by atoms with Crippen molar-refractivity contribution >= 4 is 86.9 Å². The van der Waals surface area contributed by atoms with Crippen LogP contribution in [0.2, 0.25) is 0 Å². The minimum atomic E-state index is -0.205. The second kappa shape index (κ2) is 19.4. The van der Waals surface area contributed by atoms with Gasteiger partial charge in [-0.25, -0.2) is 8.78 Å².